The summed E-state index contributed by atoms with van der Waals surface area (Å²) in [5, 5.41) is 1.08. The van der Waals surface area contributed by atoms with Crippen molar-refractivity contribution in [1.82, 2.24) is 9.88 Å². The highest BCUT2D eigenvalue weighted by Gasteiger charge is 2.29. The van der Waals surface area contributed by atoms with Gasteiger partial charge in [0.1, 0.15) is 18.9 Å². The van der Waals surface area contributed by atoms with Crippen LogP contribution in [0.4, 0.5) is 0 Å². The van der Waals surface area contributed by atoms with Crippen LogP contribution in [0, 0.1) is 19.8 Å². The highest BCUT2D eigenvalue weighted by Crippen LogP contribution is 2.33. The lowest BCUT2D eigenvalue weighted by Gasteiger charge is -2.31. The Morgan fingerprint density at radius 1 is 0.968 bits per heavy atom. The Hall–Kier alpha value is -3.28. The number of likely N-dealkylation sites (tertiary alicyclic amines) is 1. The molecule has 0 atom stereocenters. The van der Waals surface area contributed by atoms with E-state index in [-0.39, 0.29) is 17.6 Å². The molecule has 1 aromatic heterocycles. The van der Waals surface area contributed by atoms with Gasteiger partial charge in [0.25, 0.3) is 5.91 Å². The summed E-state index contributed by atoms with van der Waals surface area (Å²) in [7, 11) is 0. The number of ether oxygens (including phenoxy) is 2. The fraction of sp³-hybridized carbons (Fsp3) is 0.360. The number of amides is 1. The Morgan fingerprint density at radius 3 is 2.48 bits per heavy atom. The molecule has 0 bridgehead atoms. The van der Waals surface area contributed by atoms with Gasteiger partial charge in [0, 0.05) is 35.5 Å². The zero-order chi connectivity index (χ0) is 21.5. The van der Waals surface area contributed by atoms with Crippen molar-refractivity contribution in [2.24, 2.45) is 5.92 Å². The lowest BCUT2D eigenvalue weighted by atomic mass is 9.88. The normalized spacial score (nSPS) is 16.5. The quantitative estimate of drug-likeness (QED) is 0.644. The summed E-state index contributed by atoms with van der Waals surface area (Å²) in [5.74, 6) is 1.35. The van der Waals surface area contributed by atoms with Crippen molar-refractivity contribution in [1.29, 1.82) is 0 Å². The number of carbonyl (C=O) groups is 2. The molecule has 31 heavy (non-hydrogen) atoms. The lowest BCUT2D eigenvalue weighted by molar-refractivity contribution is 0.0646. The third-order valence-corrected chi connectivity index (χ3v) is 6.30. The molecule has 2 aromatic carbocycles. The second-order valence-corrected chi connectivity index (χ2v) is 8.52. The minimum atomic E-state index is -0.0841. The number of benzene rings is 2. The highest BCUT2D eigenvalue weighted by molar-refractivity contribution is 6.00. The van der Waals surface area contributed by atoms with Crippen molar-refractivity contribution in [2.45, 2.75) is 26.7 Å². The van der Waals surface area contributed by atoms with E-state index >= 15 is 0 Å². The number of H-pyrrole nitrogens is 1. The Balaban J connectivity index is 1.26. The molecule has 1 fully saturated rings. The van der Waals surface area contributed by atoms with Gasteiger partial charge in [-0.05, 0) is 68.1 Å². The standard InChI is InChI=1S/C25H26N2O4/c1-15-11-16(2)19-14-21(26-20(19)12-15)25(29)27-7-5-17(6-8-27)24(28)18-3-4-22-23(13-18)31-10-9-30-22/h3-4,11-14,17,26H,5-10H2,1-2H3. The molecule has 3 aromatic rings. The number of piperidine rings is 1. The zero-order valence-corrected chi connectivity index (χ0v) is 17.9. The molecule has 0 unspecified atom stereocenters. The third-order valence-electron chi connectivity index (χ3n) is 6.30. The molecule has 2 aliphatic heterocycles. The molecule has 6 heteroatoms. The van der Waals surface area contributed by atoms with Crippen LogP contribution in [0.15, 0.2) is 36.4 Å². The third kappa shape index (κ3) is 3.67. The van der Waals surface area contributed by atoms with Gasteiger partial charge in [-0.15, -0.1) is 0 Å². The number of carbonyl (C=O) groups excluding carboxylic acids is 2. The first-order chi connectivity index (χ1) is 15.0. The van der Waals surface area contributed by atoms with Crippen LogP contribution in [0.5, 0.6) is 11.5 Å². The molecule has 0 aliphatic carbocycles. The van der Waals surface area contributed by atoms with Crippen molar-refractivity contribution < 1.29 is 19.1 Å². The Labute approximate surface area is 181 Å². The van der Waals surface area contributed by atoms with E-state index in [1.807, 2.05) is 17.0 Å². The predicted molar refractivity (Wildman–Crippen MR) is 118 cm³/mol. The number of hydrogen-bond donors (Lipinski definition) is 1. The van der Waals surface area contributed by atoms with E-state index in [4.69, 9.17) is 9.47 Å². The van der Waals surface area contributed by atoms with Gasteiger partial charge in [-0.1, -0.05) is 6.07 Å². The Bertz CT molecular complexity index is 1170. The first-order valence-electron chi connectivity index (χ1n) is 10.8. The minimum Gasteiger partial charge on any atom is -0.486 e. The molecule has 2 aliphatic rings. The van der Waals surface area contributed by atoms with Crippen molar-refractivity contribution in [3.8, 4) is 11.5 Å². The van der Waals surface area contributed by atoms with Crippen molar-refractivity contribution >= 4 is 22.6 Å². The summed E-state index contributed by atoms with van der Waals surface area (Å²) in [6, 6.07) is 11.5. The number of fused-ring (bicyclic) bond motifs is 2. The number of nitrogens with one attached hydrogen (secondary N) is 1. The number of aromatic amines is 1. The number of hydrogen-bond acceptors (Lipinski definition) is 4. The van der Waals surface area contributed by atoms with Gasteiger partial charge in [-0.25, -0.2) is 0 Å². The second kappa shape index (κ2) is 7.76. The molecular weight excluding hydrogens is 392 g/mol. The van der Waals surface area contributed by atoms with Crippen LogP contribution in [0.25, 0.3) is 10.9 Å². The van der Waals surface area contributed by atoms with Gasteiger partial charge in [0.05, 0.1) is 0 Å². The monoisotopic (exact) mass is 418 g/mol. The maximum Gasteiger partial charge on any atom is 0.270 e. The van der Waals surface area contributed by atoms with Crippen molar-refractivity contribution in [2.75, 3.05) is 26.3 Å². The molecule has 1 saturated heterocycles. The summed E-state index contributed by atoms with van der Waals surface area (Å²) in [6.07, 6.45) is 1.33. The van der Waals surface area contributed by atoms with E-state index < -0.39 is 0 Å². The molecule has 3 heterocycles. The number of aromatic nitrogens is 1. The number of ketones is 1. The van der Waals surface area contributed by atoms with Crippen LogP contribution < -0.4 is 9.47 Å². The summed E-state index contributed by atoms with van der Waals surface area (Å²) in [6.45, 7) is 6.30. The van der Waals surface area contributed by atoms with Gasteiger partial charge in [-0.2, -0.15) is 0 Å². The largest absolute Gasteiger partial charge is 0.486 e. The van der Waals surface area contributed by atoms with E-state index in [1.54, 1.807) is 12.1 Å². The van der Waals surface area contributed by atoms with E-state index in [0.29, 0.717) is 61.9 Å². The summed E-state index contributed by atoms with van der Waals surface area (Å²) < 4.78 is 11.1. The number of aryl methyl sites for hydroxylation is 2. The minimum absolute atomic E-state index is 0.00141. The number of nitrogens with zero attached hydrogens (tertiary/aromatic N) is 1. The Morgan fingerprint density at radius 2 is 1.71 bits per heavy atom. The fourth-order valence-electron chi connectivity index (χ4n) is 4.66. The van der Waals surface area contributed by atoms with Crippen LogP contribution >= 0.6 is 0 Å². The average Bonchev–Trinajstić information content (AvgIpc) is 3.22. The molecule has 0 saturated carbocycles. The van der Waals surface area contributed by atoms with Gasteiger partial charge in [-0.3, -0.25) is 9.59 Å². The van der Waals surface area contributed by atoms with Gasteiger partial charge < -0.3 is 19.4 Å². The van der Waals surface area contributed by atoms with E-state index in [1.165, 1.54) is 5.56 Å². The molecule has 0 spiro atoms. The first-order valence-corrected chi connectivity index (χ1v) is 10.8. The maximum absolute atomic E-state index is 13.1. The van der Waals surface area contributed by atoms with Crippen LogP contribution in [0.3, 0.4) is 0 Å². The van der Waals surface area contributed by atoms with Crippen LogP contribution in [-0.4, -0.2) is 47.9 Å². The average molecular weight is 418 g/mol. The Kier molecular flexibility index (Phi) is 4.93. The summed E-state index contributed by atoms with van der Waals surface area (Å²) in [5.41, 5.74) is 4.58. The van der Waals surface area contributed by atoms with Gasteiger partial charge in [0.15, 0.2) is 17.3 Å². The van der Waals surface area contributed by atoms with Gasteiger partial charge >= 0.3 is 0 Å². The molecule has 5 rings (SSSR count). The SMILES string of the molecule is Cc1cc(C)c2cc(C(=O)N3CCC(C(=O)c4ccc5c(c4)OCCO5)CC3)[nH]c2c1. The van der Waals surface area contributed by atoms with Crippen LogP contribution in [0.1, 0.15) is 44.8 Å². The van der Waals surface area contributed by atoms with Gasteiger partial charge in [0.2, 0.25) is 0 Å². The predicted octanol–water partition coefficient (Wildman–Crippen LogP) is 4.29. The number of Topliss-reactive ketones (excluding diaryl/α,β-unsaturated/α-hetero) is 1. The molecular formula is C25H26N2O4. The van der Waals surface area contributed by atoms with E-state index in [2.05, 4.69) is 31.0 Å². The molecule has 160 valence electrons. The van der Waals surface area contributed by atoms with Crippen LogP contribution in [-0.2, 0) is 0 Å². The van der Waals surface area contributed by atoms with Crippen molar-refractivity contribution in [3.63, 3.8) is 0 Å². The highest BCUT2D eigenvalue weighted by atomic mass is 16.6. The van der Waals surface area contributed by atoms with E-state index in [0.717, 1.165) is 16.5 Å². The van der Waals surface area contributed by atoms with Crippen LogP contribution in [0.2, 0.25) is 0 Å². The summed E-state index contributed by atoms with van der Waals surface area (Å²) >= 11 is 0. The maximum atomic E-state index is 13.1. The molecule has 1 amide bonds. The smallest absolute Gasteiger partial charge is 0.270 e. The second-order valence-electron chi connectivity index (χ2n) is 8.52. The molecule has 0 radical (unpaired) electrons. The zero-order valence-electron chi connectivity index (χ0n) is 17.9. The van der Waals surface area contributed by atoms with Crippen molar-refractivity contribution in [3.05, 3.63) is 58.8 Å². The fourth-order valence-corrected chi connectivity index (χ4v) is 4.66. The topological polar surface area (TPSA) is 71.6 Å². The van der Waals surface area contributed by atoms with E-state index in [9.17, 15) is 9.59 Å². The molecule has 6 nitrogen and oxygen atoms in total. The first kappa shape index (κ1) is 19.7. The molecule has 1 N–H and O–H groups in total. The lowest BCUT2D eigenvalue weighted by Crippen LogP contribution is -2.40. The summed E-state index contributed by atoms with van der Waals surface area (Å²) in [4.78, 5) is 31.2. The number of rotatable bonds is 3.